The van der Waals surface area contributed by atoms with Gasteiger partial charge in [0.15, 0.2) is 0 Å². The fraction of sp³-hybridized carbons (Fsp3) is 0.600. The molecule has 1 fully saturated rings. The summed E-state index contributed by atoms with van der Waals surface area (Å²) in [7, 11) is 0. The van der Waals surface area contributed by atoms with Crippen molar-refractivity contribution in [1.29, 1.82) is 0 Å². The highest BCUT2D eigenvalue weighted by molar-refractivity contribution is 5.79. The van der Waals surface area contributed by atoms with Crippen LogP contribution in [0.4, 0.5) is 4.79 Å². The Balaban J connectivity index is 1.50. The van der Waals surface area contributed by atoms with Gasteiger partial charge < -0.3 is 14.5 Å². The second kappa shape index (κ2) is 7.89. The van der Waals surface area contributed by atoms with E-state index in [9.17, 15) is 9.59 Å². The second-order valence-corrected chi connectivity index (χ2v) is 7.51. The number of rotatable bonds is 3. The van der Waals surface area contributed by atoms with Crippen molar-refractivity contribution in [3.63, 3.8) is 0 Å². The Bertz CT molecular complexity index is 621. The lowest BCUT2D eigenvalue weighted by atomic mass is 9.93. The molecule has 0 saturated carbocycles. The summed E-state index contributed by atoms with van der Waals surface area (Å²) in [4.78, 5) is 28.6. The topological polar surface area (TPSA) is 49.9 Å². The van der Waals surface area contributed by atoms with Gasteiger partial charge in [-0.3, -0.25) is 4.79 Å². The summed E-state index contributed by atoms with van der Waals surface area (Å²) in [6, 6.07) is 8.36. The summed E-state index contributed by atoms with van der Waals surface area (Å²) < 4.78 is 5.29. The first-order chi connectivity index (χ1) is 12.0. The molecule has 1 saturated heterocycles. The van der Waals surface area contributed by atoms with E-state index >= 15 is 0 Å². The van der Waals surface area contributed by atoms with Gasteiger partial charge in [-0.15, -0.1) is 0 Å². The third-order valence-electron chi connectivity index (χ3n) is 5.08. The Labute approximate surface area is 149 Å². The number of fused-ring (bicyclic) bond motifs is 1. The molecule has 1 aromatic rings. The maximum absolute atomic E-state index is 12.8. The fourth-order valence-electron chi connectivity index (χ4n) is 3.58. The van der Waals surface area contributed by atoms with Crippen molar-refractivity contribution >= 4 is 12.0 Å². The van der Waals surface area contributed by atoms with Crippen molar-refractivity contribution in [1.82, 2.24) is 9.80 Å². The quantitative estimate of drug-likeness (QED) is 0.847. The molecule has 0 aliphatic carbocycles. The highest BCUT2D eigenvalue weighted by Gasteiger charge is 2.32. The van der Waals surface area contributed by atoms with E-state index in [0.29, 0.717) is 32.2 Å². The summed E-state index contributed by atoms with van der Waals surface area (Å²) >= 11 is 0. The van der Waals surface area contributed by atoms with Crippen LogP contribution in [-0.2, 0) is 22.5 Å². The van der Waals surface area contributed by atoms with E-state index in [4.69, 9.17) is 4.74 Å². The summed E-state index contributed by atoms with van der Waals surface area (Å²) in [5.74, 6) is 0.606. The van der Waals surface area contributed by atoms with Crippen molar-refractivity contribution < 1.29 is 14.3 Å². The average Bonchev–Trinajstić information content (AvgIpc) is 2.65. The van der Waals surface area contributed by atoms with Crippen LogP contribution in [0.3, 0.4) is 0 Å². The maximum Gasteiger partial charge on any atom is 0.409 e. The number of hydrogen-bond donors (Lipinski definition) is 0. The van der Waals surface area contributed by atoms with Gasteiger partial charge in [0.25, 0.3) is 0 Å². The molecule has 0 radical (unpaired) electrons. The SMILES string of the molecule is CC(C)COC(=O)N1CCC(C(=O)N2CCc3ccccc3C2)CC1. The molecule has 5 heteroatoms. The van der Waals surface area contributed by atoms with Crippen molar-refractivity contribution in [2.75, 3.05) is 26.2 Å². The summed E-state index contributed by atoms with van der Waals surface area (Å²) in [6.07, 6.45) is 2.15. The molecular formula is C20H28N2O3. The molecule has 25 heavy (non-hydrogen) atoms. The number of hydrogen-bond acceptors (Lipinski definition) is 3. The highest BCUT2D eigenvalue weighted by atomic mass is 16.6. The second-order valence-electron chi connectivity index (χ2n) is 7.51. The smallest absolute Gasteiger partial charge is 0.409 e. The zero-order valence-electron chi connectivity index (χ0n) is 15.2. The number of carbonyl (C=O) groups is 2. The van der Waals surface area contributed by atoms with Gasteiger partial charge in [-0.25, -0.2) is 4.79 Å². The van der Waals surface area contributed by atoms with Crippen LogP contribution >= 0.6 is 0 Å². The third kappa shape index (κ3) is 4.33. The van der Waals surface area contributed by atoms with Gasteiger partial charge in [-0.05, 0) is 36.3 Å². The van der Waals surface area contributed by atoms with Crippen LogP contribution in [-0.4, -0.2) is 48.0 Å². The van der Waals surface area contributed by atoms with Crippen LogP contribution in [0.2, 0.25) is 0 Å². The molecule has 0 atom stereocenters. The molecule has 2 aliphatic rings. The number of amides is 2. The summed E-state index contributed by atoms with van der Waals surface area (Å²) in [6.45, 7) is 7.22. The first kappa shape index (κ1) is 17.8. The monoisotopic (exact) mass is 344 g/mol. The van der Waals surface area contributed by atoms with Crippen molar-refractivity contribution in [2.45, 2.75) is 39.7 Å². The molecule has 3 rings (SSSR count). The van der Waals surface area contributed by atoms with Gasteiger partial charge in [0.2, 0.25) is 5.91 Å². The fourth-order valence-corrected chi connectivity index (χ4v) is 3.58. The van der Waals surface area contributed by atoms with E-state index in [0.717, 1.165) is 25.8 Å². The Hall–Kier alpha value is -2.04. The van der Waals surface area contributed by atoms with E-state index in [2.05, 4.69) is 18.2 Å². The molecule has 2 aliphatic heterocycles. The maximum atomic E-state index is 12.8. The highest BCUT2D eigenvalue weighted by Crippen LogP contribution is 2.24. The van der Waals surface area contributed by atoms with Crippen LogP contribution in [0.1, 0.15) is 37.8 Å². The van der Waals surface area contributed by atoms with E-state index in [1.54, 1.807) is 4.90 Å². The minimum atomic E-state index is -0.244. The number of nitrogens with zero attached hydrogens (tertiary/aromatic N) is 2. The average molecular weight is 344 g/mol. The van der Waals surface area contributed by atoms with Crippen LogP contribution in [0, 0.1) is 11.8 Å². The van der Waals surface area contributed by atoms with E-state index < -0.39 is 0 Å². The van der Waals surface area contributed by atoms with Gasteiger partial charge in [0.05, 0.1) is 6.61 Å². The first-order valence-electron chi connectivity index (χ1n) is 9.32. The third-order valence-corrected chi connectivity index (χ3v) is 5.08. The largest absolute Gasteiger partial charge is 0.449 e. The van der Waals surface area contributed by atoms with Crippen molar-refractivity contribution in [3.8, 4) is 0 Å². The molecule has 136 valence electrons. The zero-order valence-corrected chi connectivity index (χ0v) is 15.2. The van der Waals surface area contributed by atoms with Gasteiger partial charge in [-0.1, -0.05) is 38.1 Å². The predicted molar refractivity (Wildman–Crippen MR) is 96.0 cm³/mol. The van der Waals surface area contributed by atoms with E-state index in [1.165, 1.54) is 11.1 Å². The number of carbonyl (C=O) groups excluding carboxylic acids is 2. The van der Waals surface area contributed by atoms with Crippen molar-refractivity contribution in [3.05, 3.63) is 35.4 Å². The zero-order chi connectivity index (χ0) is 17.8. The minimum Gasteiger partial charge on any atom is -0.449 e. The van der Waals surface area contributed by atoms with E-state index in [1.807, 2.05) is 24.8 Å². The molecule has 0 bridgehead atoms. The Morgan fingerprint density at radius 2 is 1.76 bits per heavy atom. The molecule has 5 nitrogen and oxygen atoms in total. The lowest BCUT2D eigenvalue weighted by Crippen LogP contribution is -2.45. The molecule has 0 N–H and O–H groups in total. The molecule has 0 aromatic heterocycles. The van der Waals surface area contributed by atoms with Gasteiger partial charge in [0, 0.05) is 32.1 Å². The number of benzene rings is 1. The predicted octanol–water partition coefficient (Wildman–Crippen LogP) is 3.08. The minimum absolute atomic E-state index is 0.0272. The van der Waals surface area contributed by atoms with Crippen LogP contribution < -0.4 is 0 Å². The van der Waals surface area contributed by atoms with Gasteiger partial charge >= 0.3 is 6.09 Å². The first-order valence-corrected chi connectivity index (χ1v) is 9.32. The summed E-state index contributed by atoms with van der Waals surface area (Å²) in [5, 5.41) is 0. The molecule has 0 spiro atoms. The normalized spacial score (nSPS) is 18.2. The van der Waals surface area contributed by atoms with Gasteiger partial charge in [-0.2, -0.15) is 0 Å². The number of piperidine rings is 1. The Morgan fingerprint density at radius 3 is 2.44 bits per heavy atom. The van der Waals surface area contributed by atoms with Crippen molar-refractivity contribution in [2.24, 2.45) is 11.8 Å². The number of ether oxygens (including phenoxy) is 1. The standard InChI is InChI=1S/C20H28N2O3/c1-15(2)14-25-20(24)21-10-8-17(9-11-21)19(23)22-12-7-16-5-3-4-6-18(16)13-22/h3-6,15,17H,7-14H2,1-2H3. The van der Waals surface area contributed by atoms with E-state index in [-0.39, 0.29) is 17.9 Å². The molecular weight excluding hydrogens is 316 g/mol. The summed E-state index contributed by atoms with van der Waals surface area (Å²) in [5.41, 5.74) is 2.62. The van der Waals surface area contributed by atoms with Gasteiger partial charge in [0.1, 0.15) is 0 Å². The molecule has 1 aromatic carbocycles. The Kier molecular flexibility index (Phi) is 5.61. The lowest BCUT2D eigenvalue weighted by Gasteiger charge is -2.35. The van der Waals surface area contributed by atoms with Crippen LogP contribution in [0.5, 0.6) is 0 Å². The Morgan fingerprint density at radius 1 is 1.08 bits per heavy atom. The van der Waals surface area contributed by atoms with Crippen LogP contribution in [0.25, 0.3) is 0 Å². The molecule has 2 heterocycles. The molecule has 0 unspecified atom stereocenters. The number of likely N-dealkylation sites (tertiary alicyclic amines) is 1. The molecule has 2 amide bonds. The van der Waals surface area contributed by atoms with Crippen LogP contribution in [0.15, 0.2) is 24.3 Å². The lowest BCUT2D eigenvalue weighted by molar-refractivity contribution is -0.138.